The van der Waals surface area contributed by atoms with Crippen molar-refractivity contribution >= 4 is 33.6 Å². The monoisotopic (exact) mass is 321 g/mol. The van der Waals surface area contributed by atoms with E-state index in [0.717, 1.165) is 39.4 Å². The first kappa shape index (κ1) is 14.7. The maximum absolute atomic E-state index is 12.2. The lowest BCUT2D eigenvalue weighted by atomic mass is 9.78. The van der Waals surface area contributed by atoms with Crippen LogP contribution in [-0.4, -0.2) is 22.8 Å². The Morgan fingerprint density at radius 3 is 2.76 bits per heavy atom. The molecule has 1 aliphatic carbocycles. The second kappa shape index (κ2) is 5.18. The second-order valence-corrected chi connectivity index (χ2v) is 8.47. The number of hydrogen-bond acceptors (Lipinski definition) is 6. The summed E-state index contributed by atoms with van der Waals surface area (Å²) in [5.74, 6) is 0.239. The molecule has 0 fully saturated rings. The molecule has 2 aromatic rings. The van der Waals surface area contributed by atoms with E-state index in [-0.39, 0.29) is 11.2 Å². The molecule has 2 aromatic heterocycles. The van der Waals surface area contributed by atoms with Crippen molar-refractivity contribution < 1.29 is 4.79 Å². The largest absolute Gasteiger partial charge is 0.345 e. The van der Waals surface area contributed by atoms with Gasteiger partial charge in [0.15, 0.2) is 10.9 Å². The van der Waals surface area contributed by atoms with Crippen molar-refractivity contribution in [2.24, 2.45) is 5.41 Å². The number of aromatic nitrogens is 2. The van der Waals surface area contributed by atoms with Crippen molar-refractivity contribution in [2.45, 2.75) is 40.2 Å². The van der Waals surface area contributed by atoms with Crippen molar-refractivity contribution in [3.05, 3.63) is 26.7 Å². The van der Waals surface area contributed by atoms with Crippen LogP contribution < -0.4 is 4.90 Å². The third-order valence-electron chi connectivity index (χ3n) is 3.62. The third kappa shape index (κ3) is 3.01. The highest BCUT2D eigenvalue weighted by molar-refractivity contribution is 7.17. The molecule has 0 N–H and O–H groups in total. The van der Waals surface area contributed by atoms with Crippen LogP contribution in [0.25, 0.3) is 0 Å². The molecule has 0 radical (unpaired) electrons. The fourth-order valence-corrected chi connectivity index (χ4v) is 4.25. The van der Waals surface area contributed by atoms with E-state index in [1.54, 1.807) is 11.3 Å². The van der Waals surface area contributed by atoms with Crippen molar-refractivity contribution in [3.8, 4) is 0 Å². The molecule has 6 heteroatoms. The lowest BCUT2D eigenvalue weighted by molar-refractivity contribution is 0.0916. The first-order chi connectivity index (χ1) is 9.84. The summed E-state index contributed by atoms with van der Waals surface area (Å²) >= 11 is 3.18. The van der Waals surface area contributed by atoms with Crippen molar-refractivity contribution in [2.75, 3.05) is 11.9 Å². The molecule has 1 aliphatic rings. The molecule has 112 valence electrons. The van der Waals surface area contributed by atoms with Crippen molar-refractivity contribution in [3.63, 3.8) is 0 Å². The van der Waals surface area contributed by atoms with Crippen LogP contribution in [-0.2, 0) is 13.0 Å². The molecule has 0 atom stereocenters. The Kier molecular flexibility index (Phi) is 3.61. The van der Waals surface area contributed by atoms with Gasteiger partial charge in [-0.3, -0.25) is 4.79 Å². The van der Waals surface area contributed by atoms with Crippen LogP contribution in [0.3, 0.4) is 0 Å². The van der Waals surface area contributed by atoms with Gasteiger partial charge < -0.3 is 4.90 Å². The van der Waals surface area contributed by atoms with Gasteiger partial charge in [0.25, 0.3) is 0 Å². The maximum atomic E-state index is 12.2. The normalized spacial score (nSPS) is 16.9. The molecule has 0 bridgehead atoms. The minimum absolute atomic E-state index is 0.0278. The summed E-state index contributed by atoms with van der Waals surface area (Å²) in [5.41, 5.74) is 2.05. The van der Waals surface area contributed by atoms with E-state index >= 15 is 0 Å². The maximum Gasteiger partial charge on any atom is 0.186 e. The predicted octanol–water partition coefficient (Wildman–Crippen LogP) is 3.70. The quantitative estimate of drug-likeness (QED) is 0.865. The number of nitrogens with zero attached hydrogens (tertiary/aromatic N) is 3. The number of carbonyl (C=O) groups is 1. The van der Waals surface area contributed by atoms with E-state index in [9.17, 15) is 4.79 Å². The van der Waals surface area contributed by atoms with Gasteiger partial charge >= 0.3 is 0 Å². The number of fused-ring (bicyclic) bond motifs is 1. The summed E-state index contributed by atoms with van der Waals surface area (Å²) in [6, 6.07) is 0. The minimum atomic E-state index is 0.0278. The van der Waals surface area contributed by atoms with Gasteiger partial charge in [-0.05, 0) is 18.8 Å². The third-order valence-corrected chi connectivity index (χ3v) is 5.69. The zero-order valence-electron chi connectivity index (χ0n) is 12.8. The molecule has 0 unspecified atom stereocenters. The van der Waals surface area contributed by atoms with E-state index in [1.165, 1.54) is 11.3 Å². The first-order valence-corrected chi connectivity index (χ1v) is 8.69. The zero-order chi connectivity index (χ0) is 15.2. The van der Waals surface area contributed by atoms with Gasteiger partial charge in [-0.25, -0.2) is 9.97 Å². The number of Topliss-reactive ketones (excluding diaryl/α,β-unsaturated/α-hetero) is 1. The number of hydrogen-bond donors (Lipinski definition) is 0. The van der Waals surface area contributed by atoms with Crippen molar-refractivity contribution in [1.82, 2.24) is 9.97 Å². The molecule has 2 heterocycles. The lowest BCUT2D eigenvalue weighted by Gasteiger charge is -2.26. The van der Waals surface area contributed by atoms with E-state index in [4.69, 9.17) is 4.98 Å². The predicted molar refractivity (Wildman–Crippen MR) is 87.5 cm³/mol. The van der Waals surface area contributed by atoms with Crippen LogP contribution in [0.1, 0.15) is 46.3 Å². The number of rotatable bonds is 3. The molecule has 0 aliphatic heterocycles. The van der Waals surface area contributed by atoms with Gasteiger partial charge in [0.1, 0.15) is 0 Å². The number of anilines is 1. The van der Waals surface area contributed by atoms with Gasteiger partial charge in [0.05, 0.1) is 27.8 Å². The zero-order valence-corrected chi connectivity index (χ0v) is 14.4. The van der Waals surface area contributed by atoms with Crippen LogP contribution in [0, 0.1) is 12.3 Å². The lowest BCUT2D eigenvalue weighted by Crippen LogP contribution is -2.26. The molecule has 21 heavy (non-hydrogen) atoms. The summed E-state index contributed by atoms with van der Waals surface area (Å²) in [7, 11) is 2.01. The fraction of sp³-hybridized carbons (Fsp3) is 0.533. The average Bonchev–Trinajstić information content (AvgIpc) is 2.94. The molecule has 0 amide bonds. The van der Waals surface area contributed by atoms with Crippen LogP contribution in [0.2, 0.25) is 0 Å². The summed E-state index contributed by atoms with van der Waals surface area (Å²) in [6.45, 7) is 7.01. The number of thiazole rings is 2. The average molecular weight is 321 g/mol. The van der Waals surface area contributed by atoms with Crippen molar-refractivity contribution in [1.29, 1.82) is 0 Å². The highest BCUT2D eigenvalue weighted by atomic mass is 32.1. The van der Waals surface area contributed by atoms with Crippen LogP contribution in [0.4, 0.5) is 5.13 Å². The first-order valence-electron chi connectivity index (χ1n) is 6.99. The Balaban J connectivity index is 1.82. The molecular weight excluding hydrogens is 302 g/mol. The van der Waals surface area contributed by atoms with E-state index in [1.807, 2.05) is 14.0 Å². The van der Waals surface area contributed by atoms with Gasteiger partial charge in [-0.1, -0.05) is 25.2 Å². The standard InChI is InChI=1S/C15H19N3OS2/c1-9-16-10(8-20-9)7-18(4)14-17-11-5-15(2,3)6-12(19)13(11)21-14/h8H,5-7H2,1-4H3. The molecule has 0 saturated heterocycles. The van der Waals surface area contributed by atoms with Gasteiger partial charge in [0, 0.05) is 18.8 Å². The Morgan fingerprint density at radius 1 is 1.33 bits per heavy atom. The van der Waals surface area contributed by atoms with E-state index < -0.39 is 0 Å². The van der Waals surface area contributed by atoms with E-state index in [0.29, 0.717) is 6.42 Å². The van der Waals surface area contributed by atoms with Crippen LogP contribution in [0.15, 0.2) is 5.38 Å². The molecule has 4 nitrogen and oxygen atoms in total. The van der Waals surface area contributed by atoms with E-state index in [2.05, 4.69) is 29.1 Å². The molecule has 0 spiro atoms. The van der Waals surface area contributed by atoms with Crippen LogP contribution >= 0.6 is 22.7 Å². The fourth-order valence-electron chi connectivity index (χ4n) is 2.66. The second-order valence-electron chi connectivity index (χ2n) is 6.43. The summed E-state index contributed by atoms with van der Waals surface area (Å²) in [4.78, 5) is 24.4. The SMILES string of the molecule is Cc1nc(CN(C)c2nc3c(s2)C(=O)CC(C)(C)C3)cs1. The molecular formula is C15H19N3OS2. The molecule has 3 rings (SSSR count). The molecule has 0 saturated carbocycles. The number of aryl methyl sites for hydroxylation is 1. The highest BCUT2D eigenvalue weighted by Crippen LogP contribution is 2.39. The molecule has 0 aromatic carbocycles. The van der Waals surface area contributed by atoms with Crippen LogP contribution in [0.5, 0.6) is 0 Å². The summed E-state index contributed by atoms with van der Waals surface area (Å²) in [5, 5.41) is 4.07. The Hall–Kier alpha value is -1.27. The Labute approximate surface area is 132 Å². The number of carbonyl (C=O) groups excluding carboxylic acids is 1. The highest BCUT2D eigenvalue weighted by Gasteiger charge is 2.34. The summed E-state index contributed by atoms with van der Waals surface area (Å²) < 4.78 is 0. The van der Waals surface area contributed by atoms with Gasteiger partial charge in [0.2, 0.25) is 0 Å². The Bertz CT molecular complexity index is 687. The topological polar surface area (TPSA) is 46.1 Å². The number of ketones is 1. The van der Waals surface area contributed by atoms with Gasteiger partial charge in [-0.2, -0.15) is 0 Å². The smallest absolute Gasteiger partial charge is 0.186 e. The Morgan fingerprint density at radius 2 is 2.10 bits per heavy atom. The summed E-state index contributed by atoms with van der Waals surface area (Å²) in [6.07, 6.45) is 1.50. The minimum Gasteiger partial charge on any atom is -0.345 e. The van der Waals surface area contributed by atoms with Gasteiger partial charge in [-0.15, -0.1) is 11.3 Å².